The summed E-state index contributed by atoms with van der Waals surface area (Å²) >= 11 is 11.8. The molecule has 2 aliphatic heterocycles. The number of aromatic nitrogens is 6. The van der Waals surface area contributed by atoms with Crippen LogP contribution in [0.4, 0.5) is 0 Å². The molecule has 35 heavy (non-hydrogen) atoms. The van der Waals surface area contributed by atoms with E-state index in [1.807, 2.05) is 6.07 Å². The Morgan fingerprint density at radius 3 is 2.00 bits per heavy atom. The fraction of sp³-hybridized carbons (Fsp3) is 0.478. The van der Waals surface area contributed by atoms with Crippen LogP contribution in [0.25, 0.3) is 22.3 Å². The van der Waals surface area contributed by atoms with Crippen molar-refractivity contribution in [2.24, 2.45) is 7.05 Å². The molecule has 0 amide bonds. The molecule has 0 radical (unpaired) electrons. The molecule has 2 fully saturated rings. The molecule has 4 aromatic heterocycles. The summed E-state index contributed by atoms with van der Waals surface area (Å²) in [5, 5.41) is 0.811. The number of halogens is 2. The molecule has 0 saturated carbocycles. The van der Waals surface area contributed by atoms with E-state index in [0.29, 0.717) is 48.0 Å². The highest BCUT2D eigenvalue weighted by atomic mass is 35.5. The number of hydrogen-bond donors (Lipinski definition) is 1. The van der Waals surface area contributed by atoms with Crippen molar-refractivity contribution in [1.82, 2.24) is 28.7 Å². The second-order valence-corrected chi connectivity index (χ2v) is 9.46. The molecule has 10 nitrogen and oxygen atoms in total. The zero-order valence-electron chi connectivity index (χ0n) is 19.2. The van der Waals surface area contributed by atoms with Crippen LogP contribution in [-0.2, 0) is 16.5 Å². The zero-order chi connectivity index (χ0) is 24.5. The third kappa shape index (κ3) is 4.75. The van der Waals surface area contributed by atoms with Gasteiger partial charge in [0.05, 0.1) is 11.0 Å². The number of H-pyrrole nitrogens is 1. The number of rotatable bonds is 2. The van der Waals surface area contributed by atoms with Gasteiger partial charge in [-0.05, 0) is 49.9 Å². The van der Waals surface area contributed by atoms with Crippen LogP contribution in [-0.4, -0.2) is 55.1 Å². The minimum absolute atomic E-state index is 0.0355. The normalized spacial score (nSPS) is 17.6. The third-order valence-electron chi connectivity index (χ3n) is 6.54. The Morgan fingerprint density at radius 2 is 1.37 bits per heavy atom. The predicted molar refractivity (Wildman–Crippen MR) is 134 cm³/mol. The lowest BCUT2D eigenvalue weighted by atomic mass is 10.1. The molecule has 0 aromatic carbocycles. The van der Waals surface area contributed by atoms with Crippen molar-refractivity contribution in [3.8, 4) is 0 Å². The van der Waals surface area contributed by atoms with E-state index >= 15 is 0 Å². The molecule has 2 saturated heterocycles. The summed E-state index contributed by atoms with van der Waals surface area (Å²) in [4.78, 5) is 35.6. The first kappa shape index (κ1) is 24.1. The summed E-state index contributed by atoms with van der Waals surface area (Å²) in [6.45, 7) is 2.75. The number of fused-ring (bicyclic) bond motifs is 2. The molecule has 6 heterocycles. The minimum atomic E-state index is -0.123. The van der Waals surface area contributed by atoms with Gasteiger partial charge in [-0.2, -0.15) is 0 Å². The van der Waals surface area contributed by atoms with E-state index < -0.39 is 0 Å². The zero-order valence-corrected chi connectivity index (χ0v) is 20.8. The summed E-state index contributed by atoms with van der Waals surface area (Å²) in [5.74, 6) is 0. The van der Waals surface area contributed by atoms with E-state index in [-0.39, 0.29) is 23.5 Å². The summed E-state index contributed by atoms with van der Waals surface area (Å²) in [5.41, 5.74) is 2.69. The SMILES string of the molecule is Cn1c(=O)n(C2CCOCC2)c2nc(Cl)ccc21.O=c1[nH]c2ccc(Cl)nc2n1C1CCOCC1. The van der Waals surface area contributed by atoms with Gasteiger partial charge in [0, 0.05) is 45.6 Å². The van der Waals surface area contributed by atoms with Gasteiger partial charge in [0.1, 0.15) is 10.3 Å². The van der Waals surface area contributed by atoms with E-state index in [9.17, 15) is 9.59 Å². The van der Waals surface area contributed by atoms with E-state index in [4.69, 9.17) is 32.7 Å². The van der Waals surface area contributed by atoms with E-state index in [0.717, 1.165) is 36.7 Å². The topological polar surface area (TPSA) is 109 Å². The van der Waals surface area contributed by atoms with Crippen LogP contribution in [0.2, 0.25) is 10.3 Å². The summed E-state index contributed by atoms with van der Waals surface area (Å²) in [7, 11) is 1.76. The second kappa shape index (κ2) is 10.1. The maximum atomic E-state index is 12.3. The number of nitrogens with zero attached hydrogens (tertiary/aromatic N) is 5. The number of aryl methyl sites for hydroxylation is 1. The third-order valence-corrected chi connectivity index (χ3v) is 6.97. The van der Waals surface area contributed by atoms with Crippen LogP contribution in [0.5, 0.6) is 0 Å². The molecule has 0 aliphatic carbocycles. The molecule has 0 atom stereocenters. The molecule has 0 bridgehead atoms. The first-order valence-corrected chi connectivity index (χ1v) is 12.4. The van der Waals surface area contributed by atoms with Gasteiger partial charge in [-0.15, -0.1) is 0 Å². The van der Waals surface area contributed by atoms with Crippen LogP contribution in [0.15, 0.2) is 33.9 Å². The summed E-state index contributed by atoms with van der Waals surface area (Å²) in [6, 6.07) is 7.30. The molecular weight excluding hydrogens is 495 g/mol. The Bertz CT molecular complexity index is 1460. The van der Waals surface area contributed by atoms with E-state index in [1.54, 1.807) is 38.9 Å². The van der Waals surface area contributed by atoms with Crippen molar-refractivity contribution in [1.29, 1.82) is 0 Å². The highest BCUT2D eigenvalue weighted by Crippen LogP contribution is 2.25. The average molecular weight is 521 g/mol. The van der Waals surface area contributed by atoms with Gasteiger partial charge in [-0.1, -0.05) is 23.2 Å². The van der Waals surface area contributed by atoms with Gasteiger partial charge in [-0.25, -0.2) is 19.6 Å². The van der Waals surface area contributed by atoms with E-state index in [2.05, 4.69) is 15.0 Å². The highest BCUT2D eigenvalue weighted by Gasteiger charge is 2.23. The number of pyridine rings is 2. The number of aromatic amines is 1. The number of imidazole rings is 2. The van der Waals surface area contributed by atoms with Crippen LogP contribution in [0, 0.1) is 0 Å². The fourth-order valence-electron chi connectivity index (χ4n) is 4.74. The largest absolute Gasteiger partial charge is 0.381 e. The molecule has 12 heteroatoms. The number of hydrogen-bond acceptors (Lipinski definition) is 6. The van der Waals surface area contributed by atoms with Crippen molar-refractivity contribution in [2.75, 3.05) is 26.4 Å². The Labute approximate surface area is 210 Å². The molecule has 6 rings (SSSR count). The van der Waals surface area contributed by atoms with Gasteiger partial charge >= 0.3 is 11.4 Å². The molecular formula is C23H26Cl2N6O4. The molecule has 186 valence electrons. The van der Waals surface area contributed by atoms with Crippen molar-refractivity contribution in [3.63, 3.8) is 0 Å². The molecule has 1 N–H and O–H groups in total. The first-order valence-electron chi connectivity index (χ1n) is 11.6. The maximum absolute atomic E-state index is 12.3. The van der Waals surface area contributed by atoms with Gasteiger partial charge in [0.25, 0.3) is 0 Å². The van der Waals surface area contributed by atoms with Crippen molar-refractivity contribution in [2.45, 2.75) is 37.8 Å². The van der Waals surface area contributed by atoms with Crippen LogP contribution >= 0.6 is 23.2 Å². The Kier molecular flexibility index (Phi) is 6.97. The quantitative estimate of drug-likeness (QED) is 0.405. The van der Waals surface area contributed by atoms with Gasteiger partial charge in [0.15, 0.2) is 11.3 Å². The van der Waals surface area contributed by atoms with Crippen LogP contribution in [0.1, 0.15) is 37.8 Å². The Balaban J connectivity index is 0.000000145. The predicted octanol–water partition coefficient (Wildman–Crippen LogP) is 3.47. The average Bonchev–Trinajstić information content (AvgIpc) is 3.32. The van der Waals surface area contributed by atoms with Gasteiger partial charge < -0.3 is 14.5 Å². The van der Waals surface area contributed by atoms with Crippen LogP contribution in [0.3, 0.4) is 0 Å². The summed E-state index contributed by atoms with van der Waals surface area (Å²) < 4.78 is 15.7. The fourth-order valence-corrected chi connectivity index (χ4v) is 5.03. The first-order chi connectivity index (χ1) is 16.9. The molecule has 0 unspecified atom stereocenters. The molecule has 2 aliphatic rings. The number of ether oxygens (including phenoxy) is 2. The van der Waals surface area contributed by atoms with Crippen molar-refractivity contribution in [3.05, 3.63) is 55.5 Å². The Hall–Kier alpha value is -2.66. The monoisotopic (exact) mass is 520 g/mol. The second-order valence-electron chi connectivity index (χ2n) is 8.68. The molecule has 0 spiro atoms. The maximum Gasteiger partial charge on any atom is 0.330 e. The van der Waals surface area contributed by atoms with Gasteiger partial charge in [0.2, 0.25) is 0 Å². The lowest BCUT2D eigenvalue weighted by molar-refractivity contribution is 0.0694. The van der Waals surface area contributed by atoms with Gasteiger partial charge in [-0.3, -0.25) is 13.7 Å². The van der Waals surface area contributed by atoms with Crippen molar-refractivity contribution >= 4 is 45.5 Å². The Morgan fingerprint density at radius 1 is 0.829 bits per heavy atom. The number of nitrogens with one attached hydrogen (secondary N) is 1. The minimum Gasteiger partial charge on any atom is -0.381 e. The lowest BCUT2D eigenvalue weighted by Gasteiger charge is -2.22. The van der Waals surface area contributed by atoms with E-state index in [1.165, 1.54) is 0 Å². The smallest absolute Gasteiger partial charge is 0.330 e. The van der Waals surface area contributed by atoms with Crippen LogP contribution < -0.4 is 11.4 Å². The highest BCUT2D eigenvalue weighted by molar-refractivity contribution is 6.30. The summed E-state index contributed by atoms with van der Waals surface area (Å²) in [6.07, 6.45) is 3.35. The lowest BCUT2D eigenvalue weighted by Crippen LogP contribution is -2.30. The standard InChI is InChI=1S/C12H14ClN3O2.C11H12ClN3O2/c1-15-9-2-3-10(13)14-11(9)16(12(15)17)8-4-6-18-7-5-8;12-9-2-1-8-10(14-9)15(11(16)13-8)7-3-5-17-6-4-7/h2-3,8H,4-7H2,1H3;1-2,7H,3-6H2,(H,13,16). The van der Waals surface area contributed by atoms with Crippen molar-refractivity contribution < 1.29 is 9.47 Å². The molecule has 4 aromatic rings.